The lowest BCUT2D eigenvalue weighted by Crippen LogP contribution is -2.38. The minimum Gasteiger partial charge on any atom is -0.311 e. The van der Waals surface area contributed by atoms with Crippen molar-refractivity contribution in [2.24, 2.45) is 0 Å². The molecule has 0 bridgehead atoms. The van der Waals surface area contributed by atoms with Crippen LogP contribution in [0.5, 0.6) is 0 Å². The van der Waals surface area contributed by atoms with Gasteiger partial charge in [0.05, 0.1) is 17.0 Å². The average molecular weight is 373 g/mol. The van der Waals surface area contributed by atoms with Crippen molar-refractivity contribution in [3.8, 4) is 0 Å². The van der Waals surface area contributed by atoms with Gasteiger partial charge in [0.15, 0.2) is 0 Å². The molecule has 0 fully saturated rings. The average Bonchev–Trinajstić information content (AvgIpc) is 2.43. The number of nitrogens with one attached hydrogen (secondary N) is 1. The van der Waals surface area contributed by atoms with Crippen LogP contribution in [-0.2, 0) is 21.0 Å². The van der Waals surface area contributed by atoms with Gasteiger partial charge in [-0.25, -0.2) is 13.1 Å². The Morgan fingerprint density at radius 3 is 2.43 bits per heavy atom. The third kappa shape index (κ3) is 5.67. The van der Waals surface area contributed by atoms with Crippen molar-refractivity contribution in [1.82, 2.24) is 4.72 Å². The van der Waals surface area contributed by atoms with Gasteiger partial charge in [-0.2, -0.15) is 13.2 Å². The molecule has 0 saturated heterocycles. The van der Waals surface area contributed by atoms with Gasteiger partial charge in [0.1, 0.15) is 0 Å². The zero-order chi connectivity index (χ0) is 17.8. The Kier molecular flexibility index (Phi) is 6.43. The number of hydrogen-bond acceptors (Lipinski definition) is 3. The SMILES string of the molecule is CCS(=O)(=O)NCCN(C(C)=O)c1ccc(Cl)cc1C(F)(F)F. The predicted molar refractivity (Wildman–Crippen MR) is 81.9 cm³/mol. The lowest BCUT2D eigenvalue weighted by Gasteiger charge is -2.25. The van der Waals surface area contributed by atoms with Crippen LogP contribution in [0.3, 0.4) is 0 Å². The van der Waals surface area contributed by atoms with Crippen molar-refractivity contribution >= 4 is 33.2 Å². The van der Waals surface area contributed by atoms with Crippen LogP contribution in [0, 0.1) is 0 Å². The molecule has 0 aliphatic heterocycles. The second-order valence-corrected chi connectivity index (χ2v) is 7.16. The molecular weight excluding hydrogens is 357 g/mol. The van der Waals surface area contributed by atoms with Gasteiger partial charge < -0.3 is 4.90 Å². The van der Waals surface area contributed by atoms with E-state index in [1.54, 1.807) is 0 Å². The molecule has 1 N–H and O–H groups in total. The molecule has 130 valence electrons. The summed E-state index contributed by atoms with van der Waals surface area (Å²) in [7, 11) is -3.50. The number of rotatable bonds is 6. The summed E-state index contributed by atoms with van der Waals surface area (Å²) in [6, 6.07) is 3.04. The van der Waals surface area contributed by atoms with E-state index in [9.17, 15) is 26.4 Å². The number of anilines is 1. The highest BCUT2D eigenvalue weighted by Crippen LogP contribution is 2.38. The summed E-state index contributed by atoms with van der Waals surface area (Å²) >= 11 is 5.60. The van der Waals surface area contributed by atoms with E-state index >= 15 is 0 Å². The van der Waals surface area contributed by atoms with Gasteiger partial charge >= 0.3 is 6.18 Å². The van der Waals surface area contributed by atoms with Crippen molar-refractivity contribution in [2.75, 3.05) is 23.7 Å². The van der Waals surface area contributed by atoms with Crippen LogP contribution >= 0.6 is 11.6 Å². The highest BCUT2D eigenvalue weighted by molar-refractivity contribution is 7.89. The Hall–Kier alpha value is -1.32. The van der Waals surface area contributed by atoms with Crippen molar-refractivity contribution in [3.05, 3.63) is 28.8 Å². The lowest BCUT2D eigenvalue weighted by atomic mass is 10.1. The number of hydrogen-bond donors (Lipinski definition) is 1. The Labute approximate surface area is 137 Å². The third-order valence-electron chi connectivity index (χ3n) is 2.97. The molecule has 0 spiro atoms. The van der Waals surface area contributed by atoms with Crippen molar-refractivity contribution in [1.29, 1.82) is 0 Å². The van der Waals surface area contributed by atoms with Gasteiger partial charge in [0.25, 0.3) is 0 Å². The standard InChI is InChI=1S/C13H16ClF3N2O3S/c1-3-23(21,22)18-6-7-19(9(2)20)12-5-4-10(14)8-11(12)13(15,16)17/h4-5,8,18H,3,6-7H2,1-2H3. The molecule has 1 aromatic rings. The second kappa shape index (κ2) is 7.50. The highest BCUT2D eigenvalue weighted by Gasteiger charge is 2.35. The van der Waals surface area contributed by atoms with Gasteiger partial charge in [-0.3, -0.25) is 4.79 Å². The fourth-order valence-corrected chi connectivity index (χ4v) is 2.61. The summed E-state index contributed by atoms with van der Waals surface area (Å²) in [6.07, 6.45) is -4.70. The number of benzene rings is 1. The van der Waals surface area contributed by atoms with E-state index < -0.39 is 27.7 Å². The van der Waals surface area contributed by atoms with Gasteiger partial charge in [0.2, 0.25) is 15.9 Å². The van der Waals surface area contributed by atoms with Crippen LogP contribution in [0.2, 0.25) is 5.02 Å². The lowest BCUT2D eigenvalue weighted by molar-refractivity contribution is -0.137. The normalized spacial score (nSPS) is 12.3. The summed E-state index contributed by atoms with van der Waals surface area (Å²) in [4.78, 5) is 12.5. The molecule has 0 aliphatic rings. The smallest absolute Gasteiger partial charge is 0.311 e. The summed E-state index contributed by atoms with van der Waals surface area (Å²) in [5.41, 5.74) is -1.43. The number of nitrogens with zero attached hydrogens (tertiary/aromatic N) is 1. The van der Waals surface area contributed by atoms with Crippen molar-refractivity contribution in [3.63, 3.8) is 0 Å². The minimum absolute atomic E-state index is 0.115. The maximum Gasteiger partial charge on any atom is 0.418 e. The maximum absolute atomic E-state index is 13.1. The van der Waals surface area contributed by atoms with E-state index in [1.165, 1.54) is 13.0 Å². The molecular formula is C13H16ClF3N2O3S. The number of amides is 1. The minimum atomic E-state index is -4.70. The van der Waals surface area contributed by atoms with E-state index in [0.717, 1.165) is 24.0 Å². The maximum atomic E-state index is 13.1. The van der Waals surface area contributed by atoms with Crippen LogP contribution in [0.25, 0.3) is 0 Å². The first kappa shape index (κ1) is 19.7. The van der Waals surface area contributed by atoms with Crippen LogP contribution < -0.4 is 9.62 Å². The zero-order valence-corrected chi connectivity index (χ0v) is 14.0. The molecule has 1 aromatic carbocycles. The summed E-state index contributed by atoms with van der Waals surface area (Å²) in [6.45, 7) is 2.09. The van der Waals surface area contributed by atoms with Crippen LogP contribution in [0.4, 0.5) is 18.9 Å². The summed E-state index contributed by atoms with van der Waals surface area (Å²) < 4.78 is 64.2. The molecule has 0 radical (unpaired) electrons. The second-order valence-electron chi connectivity index (χ2n) is 4.63. The monoisotopic (exact) mass is 372 g/mol. The number of alkyl halides is 3. The van der Waals surface area contributed by atoms with E-state index in [-0.39, 0.29) is 29.6 Å². The third-order valence-corrected chi connectivity index (χ3v) is 4.61. The first-order chi connectivity index (χ1) is 10.5. The Morgan fingerprint density at radius 1 is 1.35 bits per heavy atom. The number of halogens is 4. The summed E-state index contributed by atoms with van der Waals surface area (Å²) in [5.74, 6) is -0.810. The number of carbonyl (C=O) groups excluding carboxylic acids is 1. The van der Waals surface area contributed by atoms with Crippen LogP contribution in [-0.4, -0.2) is 33.2 Å². The highest BCUT2D eigenvalue weighted by atomic mass is 35.5. The Morgan fingerprint density at radius 2 is 1.96 bits per heavy atom. The predicted octanol–water partition coefficient (Wildman–Crippen LogP) is 2.65. The quantitative estimate of drug-likeness (QED) is 0.834. The fourth-order valence-electron chi connectivity index (χ4n) is 1.83. The molecule has 23 heavy (non-hydrogen) atoms. The van der Waals surface area contributed by atoms with Crippen LogP contribution in [0.15, 0.2) is 18.2 Å². The van der Waals surface area contributed by atoms with E-state index in [4.69, 9.17) is 11.6 Å². The largest absolute Gasteiger partial charge is 0.418 e. The molecule has 5 nitrogen and oxygen atoms in total. The topological polar surface area (TPSA) is 66.5 Å². The molecule has 0 aromatic heterocycles. The number of carbonyl (C=O) groups is 1. The molecule has 1 amide bonds. The van der Waals surface area contributed by atoms with E-state index in [1.807, 2.05) is 0 Å². The Bertz CT molecular complexity index is 678. The molecule has 0 saturated carbocycles. The van der Waals surface area contributed by atoms with E-state index in [0.29, 0.717) is 0 Å². The molecule has 0 unspecified atom stereocenters. The molecule has 0 atom stereocenters. The number of sulfonamides is 1. The Balaban J connectivity index is 3.10. The molecule has 1 rings (SSSR count). The molecule has 0 heterocycles. The molecule has 0 aliphatic carbocycles. The van der Waals surface area contributed by atoms with Gasteiger partial charge in [0, 0.05) is 25.0 Å². The zero-order valence-electron chi connectivity index (χ0n) is 12.4. The van der Waals surface area contributed by atoms with Crippen molar-refractivity contribution in [2.45, 2.75) is 20.0 Å². The first-order valence-corrected chi connectivity index (χ1v) is 8.63. The molecule has 10 heteroatoms. The van der Waals surface area contributed by atoms with Gasteiger partial charge in [-0.15, -0.1) is 0 Å². The van der Waals surface area contributed by atoms with E-state index in [2.05, 4.69) is 4.72 Å². The van der Waals surface area contributed by atoms with Crippen LogP contribution in [0.1, 0.15) is 19.4 Å². The van der Waals surface area contributed by atoms with Crippen molar-refractivity contribution < 1.29 is 26.4 Å². The van der Waals surface area contributed by atoms with Gasteiger partial charge in [-0.1, -0.05) is 11.6 Å². The fraction of sp³-hybridized carbons (Fsp3) is 0.462. The first-order valence-electron chi connectivity index (χ1n) is 6.60. The summed E-state index contributed by atoms with van der Waals surface area (Å²) in [5, 5.41) is -0.115. The van der Waals surface area contributed by atoms with Gasteiger partial charge in [-0.05, 0) is 25.1 Å².